The van der Waals surface area contributed by atoms with Crippen LogP contribution in [0.1, 0.15) is 21.6 Å². The van der Waals surface area contributed by atoms with Gasteiger partial charge >= 0.3 is 5.97 Å². The smallest absolute Gasteiger partial charge is 0.337 e. The Labute approximate surface area is 104 Å². The SMILES string of the molecule is Cc1c(C(=O)O)ccn1Cc1ccc(Cl)cc1. The zero-order valence-electron chi connectivity index (χ0n) is 9.35. The van der Waals surface area contributed by atoms with Crippen molar-refractivity contribution in [1.29, 1.82) is 0 Å². The Morgan fingerprint density at radius 3 is 2.47 bits per heavy atom. The molecule has 0 spiro atoms. The Hall–Kier alpha value is -1.74. The van der Waals surface area contributed by atoms with Gasteiger partial charge in [0.1, 0.15) is 0 Å². The van der Waals surface area contributed by atoms with Gasteiger partial charge in [0.2, 0.25) is 0 Å². The molecule has 2 aromatic rings. The molecule has 0 aliphatic carbocycles. The molecule has 0 unspecified atom stereocenters. The van der Waals surface area contributed by atoms with Crippen LogP contribution in [0.15, 0.2) is 36.5 Å². The number of nitrogens with zero attached hydrogens (tertiary/aromatic N) is 1. The van der Waals surface area contributed by atoms with Crippen molar-refractivity contribution in [3.8, 4) is 0 Å². The van der Waals surface area contributed by atoms with E-state index >= 15 is 0 Å². The fourth-order valence-electron chi connectivity index (χ4n) is 1.74. The second-order valence-corrected chi connectivity index (χ2v) is 4.31. The van der Waals surface area contributed by atoms with E-state index < -0.39 is 5.97 Å². The largest absolute Gasteiger partial charge is 0.478 e. The van der Waals surface area contributed by atoms with E-state index in [1.54, 1.807) is 19.2 Å². The van der Waals surface area contributed by atoms with Crippen LogP contribution in [0.4, 0.5) is 0 Å². The zero-order chi connectivity index (χ0) is 12.4. The third-order valence-electron chi connectivity index (χ3n) is 2.74. The first-order valence-corrected chi connectivity index (χ1v) is 5.59. The summed E-state index contributed by atoms with van der Waals surface area (Å²) in [5, 5.41) is 9.65. The Bertz CT molecular complexity index is 543. The van der Waals surface area contributed by atoms with E-state index in [1.165, 1.54) is 0 Å². The maximum absolute atomic E-state index is 10.9. The van der Waals surface area contributed by atoms with Crippen molar-refractivity contribution in [3.63, 3.8) is 0 Å². The zero-order valence-corrected chi connectivity index (χ0v) is 10.1. The maximum atomic E-state index is 10.9. The van der Waals surface area contributed by atoms with E-state index in [1.807, 2.05) is 28.8 Å². The normalized spacial score (nSPS) is 10.5. The highest BCUT2D eigenvalue weighted by Gasteiger charge is 2.10. The first-order valence-electron chi connectivity index (χ1n) is 5.21. The standard InChI is InChI=1S/C13H12ClNO2/c1-9-12(13(16)17)6-7-15(9)8-10-2-4-11(14)5-3-10/h2-7H,8H2,1H3,(H,16,17). The molecule has 0 atom stereocenters. The second kappa shape index (κ2) is 4.63. The third-order valence-corrected chi connectivity index (χ3v) is 2.99. The van der Waals surface area contributed by atoms with Gasteiger partial charge in [-0.3, -0.25) is 0 Å². The van der Waals surface area contributed by atoms with E-state index in [-0.39, 0.29) is 0 Å². The van der Waals surface area contributed by atoms with Crippen molar-refractivity contribution in [2.45, 2.75) is 13.5 Å². The summed E-state index contributed by atoms with van der Waals surface area (Å²) in [6, 6.07) is 9.14. The molecule has 1 aromatic carbocycles. The Morgan fingerprint density at radius 2 is 1.94 bits per heavy atom. The van der Waals surface area contributed by atoms with Crippen molar-refractivity contribution in [2.24, 2.45) is 0 Å². The molecule has 1 N–H and O–H groups in total. The molecule has 0 fully saturated rings. The fraction of sp³-hybridized carbons (Fsp3) is 0.154. The van der Waals surface area contributed by atoms with Crippen LogP contribution in [-0.2, 0) is 6.54 Å². The molecule has 3 nitrogen and oxygen atoms in total. The van der Waals surface area contributed by atoms with E-state index in [9.17, 15) is 4.79 Å². The number of hydrogen-bond donors (Lipinski definition) is 1. The molecule has 2 rings (SSSR count). The van der Waals surface area contributed by atoms with Crippen molar-refractivity contribution in [3.05, 3.63) is 58.4 Å². The lowest BCUT2D eigenvalue weighted by molar-refractivity contribution is 0.0696. The summed E-state index contributed by atoms with van der Waals surface area (Å²) in [4.78, 5) is 10.9. The van der Waals surface area contributed by atoms with E-state index in [4.69, 9.17) is 16.7 Å². The second-order valence-electron chi connectivity index (χ2n) is 3.87. The highest BCUT2D eigenvalue weighted by molar-refractivity contribution is 6.30. The number of benzene rings is 1. The van der Waals surface area contributed by atoms with Crippen LogP contribution in [0.3, 0.4) is 0 Å². The molecular weight excluding hydrogens is 238 g/mol. The lowest BCUT2D eigenvalue weighted by Crippen LogP contribution is -2.03. The predicted molar refractivity (Wildman–Crippen MR) is 66.7 cm³/mol. The molecule has 1 aromatic heterocycles. The molecule has 0 amide bonds. The number of halogens is 1. The first kappa shape index (κ1) is 11.7. The van der Waals surface area contributed by atoms with Gasteiger partial charge in [-0.15, -0.1) is 0 Å². The minimum absolute atomic E-state index is 0.346. The van der Waals surface area contributed by atoms with Crippen LogP contribution < -0.4 is 0 Å². The Morgan fingerprint density at radius 1 is 1.29 bits per heavy atom. The molecule has 0 aliphatic rings. The number of rotatable bonds is 3. The maximum Gasteiger partial charge on any atom is 0.337 e. The van der Waals surface area contributed by atoms with Gasteiger partial charge in [-0.25, -0.2) is 4.79 Å². The van der Waals surface area contributed by atoms with Gasteiger partial charge in [0.15, 0.2) is 0 Å². The molecule has 88 valence electrons. The molecule has 0 bridgehead atoms. The van der Waals surface area contributed by atoms with E-state index in [2.05, 4.69) is 0 Å². The molecule has 4 heteroatoms. The number of aromatic carboxylic acids is 1. The summed E-state index contributed by atoms with van der Waals surface area (Å²) in [5.41, 5.74) is 2.19. The number of hydrogen-bond acceptors (Lipinski definition) is 1. The number of carbonyl (C=O) groups is 1. The van der Waals surface area contributed by atoms with Gasteiger partial charge in [-0.2, -0.15) is 0 Å². The summed E-state index contributed by atoms with van der Waals surface area (Å²) in [7, 11) is 0. The van der Waals surface area contributed by atoms with Crippen molar-refractivity contribution >= 4 is 17.6 Å². The molecule has 0 radical (unpaired) electrons. The van der Waals surface area contributed by atoms with Crippen LogP contribution >= 0.6 is 11.6 Å². The van der Waals surface area contributed by atoms with Gasteiger partial charge in [-0.1, -0.05) is 23.7 Å². The molecule has 0 saturated heterocycles. The van der Waals surface area contributed by atoms with Crippen LogP contribution in [0.2, 0.25) is 5.02 Å². The lowest BCUT2D eigenvalue weighted by Gasteiger charge is -2.06. The summed E-state index contributed by atoms with van der Waals surface area (Å²) in [6.07, 6.45) is 1.79. The molecule has 1 heterocycles. The van der Waals surface area contributed by atoms with Crippen LogP contribution in [0, 0.1) is 6.92 Å². The average Bonchev–Trinajstić information content (AvgIpc) is 2.64. The van der Waals surface area contributed by atoms with Crippen LogP contribution in [0.25, 0.3) is 0 Å². The minimum Gasteiger partial charge on any atom is -0.478 e. The number of carboxylic acids is 1. The predicted octanol–water partition coefficient (Wildman–Crippen LogP) is 3.20. The minimum atomic E-state index is -0.891. The number of carboxylic acid groups (broad SMARTS) is 1. The average molecular weight is 250 g/mol. The van der Waals surface area contributed by atoms with Crippen molar-refractivity contribution < 1.29 is 9.90 Å². The van der Waals surface area contributed by atoms with Crippen molar-refractivity contribution in [2.75, 3.05) is 0 Å². The Balaban J connectivity index is 2.24. The highest BCUT2D eigenvalue weighted by Crippen LogP contribution is 2.14. The van der Waals surface area contributed by atoms with Crippen LogP contribution in [0.5, 0.6) is 0 Å². The summed E-state index contributed by atoms with van der Waals surface area (Å²) < 4.78 is 1.91. The first-order chi connectivity index (χ1) is 8.08. The highest BCUT2D eigenvalue weighted by atomic mass is 35.5. The van der Waals surface area contributed by atoms with Gasteiger partial charge in [0, 0.05) is 23.5 Å². The number of aromatic nitrogens is 1. The monoisotopic (exact) mass is 249 g/mol. The summed E-state index contributed by atoms with van der Waals surface area (Å²) >= 11 is 5.81. The topological polar surface area (TPSA) is 42.2 Å². The van der Waals surface area contributed by atoms with Crippen LogP contribution in [-0.4, -0.2) is 15.6 Å². The quantitative estimate of drug-likeness (QED) is 0.908. The van der Waals surface area contributed by atoms with Gasteiger partial charge in [-0.05, 0) is 30.7 Å². The summed E-state index contributed by atoms with van der Waals surface area (Å²) in [6.45, 7) is 2.45. The molecule has 17 heavy (non-hydrogen) atoms. The van der Waals surface area contributed by atoms with Gasteiger partial charge < -0.3 is 9.67 Å². The molecule has 0 saturated carbocycles. The van der Waals surface area contributed by atoms with Gasteiger partial charge in [0.25, 0.3) is 0 Å². The van der Waals surface area contributed by atoms with E-state index in [0.717, 1.165) is 11.3 Å². The van der Waals surface area contributed by atoms with Gasteiger partial charge in [0.05, 0.1) is 5.56 Å². The third kappa shape index (κ3) is 2.50. The molecular formula is C13H12ClNO2. The molecule has 0 aliphatic heterocycles. The fourth-order valence-corrected chi connectivity index (χ4v) is 1.86. The van der Waals surface area contributed by atoms with E-state index in [0.29, 0.717) is 17.1 Å². The lowest BCUT2D eigenvalue weighted by atomic mass is 10.2. The van der Waals surface area contributed by atoms with Crippen molar-refractivity contribution in [1.82, 2.24) is 4.57 Å². The summed E-state index contributed by atoms with van der Waals surface area (Å²) in [5.74, 6) is -0.891. The Kier molecular flexibility index (Phi) is 3.20.